The number of nitrogens with one attached hydrogen (secondary N) is 1. The van der Waals surface area contributed by atoms with Gasteiger partial charge in [-0.05, 0) is 26.2 Å². The second-order valence-corrected chi connectivity index (χ2v) is 7.56. The molecule has 0 aromatic carbocycles. The second kappa shape index (κ2) is 4.57. The summed E-state index contributed by atoms with van der Waals surface area (Å²) in [5.74, 6) is -0.366. The molecule has 6 heteroatoms. The average Bonchev–Trinajstić information content (AvgIpc) is 2.98. The smallest absolute Gasteiger partial charge is 0.238 e. The van der Waals surface area contributed by atoms with Gasteiger partial charge in [0, 0.05) is 31.4 Å². The van der Waals surface area contributed by atoms with Crippen LogP contribution in [0.15, 0.2) is 0 Å². The van der Waals surface area contributed by atoms with Crippen molar-refractivity contribution >= 4 is 15.7 Å². The molecule has 17 heavy (non-hydrogen) atoms. The van der Waals surface area contributed by atoms with Crippen LogP contribution in [0.5, 0.6) is 0 Å². The van der Waals surface area contributed by atoms with Gasteiger partial charge in [-0.25, -0.2) is 8.42 Å². The van der Waals surface area contributed by atoms with Crippen LogP contribution >= 0.6 is 0 Å². The van der Waals surface area contributed by atoms with Gasteiger partial charge in [0.15, 0.2) is 9.84 Å². The van der Waals surface area contributed by atoms with E-state index in [1.165, 1.54) is 19.8 Å². The Morgan fingerprint density at radius 2 is 2.00 bits per heavy atom. The van der Waals surface area contributed by atoms with E-state index in [4.69, 9.17) is 0 Å². The normalized spacial score (nSPS) is 28.0. The Kier molecular flexibility index (Phi) is 3.45. The van der Waals surface area contributed by atoms with Gasteiger partial charge < -0.3 is 5.32 Å². The van der Waals surface area contributed by atoms with Crippen molar-refractivity contribution in [2.45, 2.75) is 43.5 Å². The van der Waals surface area contributed by atoms with E-state index in [0.717, 1.165) is 25.8 Å². The molecule has 0 spiro atoms. The third-order valence-corrected chi connectivity index (χ3v) is 5.14. The van der Waals surface area contributed by atoms with Crippen molar-refractivity contribution < 1.29 is 13.2 Å². The highest BCUT2D eigenvalue weighted by Crippen LogP contribution is 2.29. The average molecular weight is 260 g/mol. The lowest BCUT2D eigenvalue weighted by atomic mass is 10.2. The van der Waals surface area contributed by atoms with Gasteiger partial charge in [-0.2, -0.15) is 0 Å². The van der Waals surface area contributed by atoms with Gasteiger partial charge in [-0.1, -0.05) is 0 Å². The highest BCUT2D eigenvalue weighted by molar-refractivity contribution is 7.92. The van der Waals surface area contributed by atoms with Crippen molar-refractivity contribution in [1.82, 2.24) is 10.2 Å². The van der Waals surface area contributed by atoms with E-state index in [1.807, 2.05) is 0 Å². The SMILES string of the molecule is C[C@H](C(=O)N[C@@H]1CCN(C2CC2)C1)S(C)(=O)=O. The van der Waals surface area contributed by atoms with Crippen molar-refractivity contribution in [3.8, 4) is 0 Å². The summed E-state index contributed by atoms with van der Waals surface area (Å²) in [4.78, 5) is 14.1. The van der Waals surface area contributed by atoms with Gasteiger partial charge in [0.1, 0.15) is 5.25 Å². The number of hydrogen-bond donors (Lipinski definition) is 1. The summed E-state index contributed by atoms with van der Waals surface area (Å²) in [5.41, 5.74) is 0. The predicted octanol–water partition coefficient (Wildman–Crippen LogP) is -0.228. The van der Waals surface area contributed by atoms with Crippen LogP contribution in [-0.4, -0.2) is 55.9 Å². The number of rotatable bonds is 4. The first-order chi connectivity index (χ1) is 7.88. The van der Waals surface area contributed by atoms with E-state index < -0.39 is 15.1 Å². The van der Waals surface area contributed by atoms with Crippen LogP contribution in [0.1, 0.15) is 26.2 Å². The minimum atomic E-state index is -3.29. The van der Waals surface area contributed by atoms with E-state index in [1.54, 1.807) is 0 Å². The molecular weight excluding hydrogens is 240 g/mol. The van der Waals surface area contributed by atoms with E-state index in [-0.39, 0.29) is 11.9 Å². The van der Waals surface area contributed by atoms with E-state index in [0.29, 0.717) is 6.04 Å². The Balaban J connectivity index is 1.83. The molecule has 2 atom stereocenters. The van der Waals surface area contributed by atoms with Crippen molar-refractivity contribution in [2.75, 3.05) is 19.3 Å². The zero-order chi connectivity index (χ0) is 12.6. The molecule has 0 unspecified atom stereocenters. The van der Waals surface area contributed by atoms with Crippen LogP contribution < -0.4 is 5.32 Å². The van der Waals surface area contributed by atoms with Gasteiger partial charge in [0.05, 0.1) is 0 Å². The Morgan fingerprint density at radius 1 is 1.35 bits per heavy atom. The summed E-state index contributed by atoms with van der Waals surface area (Å²) in [6, 6.07) is 0.830. The first-order valence-electron chi connectivity index (χ1n) is 6.11. The molecule has 1 N–H and O–H groups in total. The zero-order valence-electron chi connectivity index (χ0n) is 10.3. The molecular formula is C11H20N2O3S. The van der Waals surface area contributed by atoms with E-state index in [9.17, 15) is 13.2 Å². The fourth-order valence-corrected chi connectivity index (χ4v) is 2.65. The van der Waals surface area contributed by atoms with Crippen molar-refractivity contribution in [2.24, 2.45) is 0 Å². The number of carbonyl (C=O) groups is 1. The Morgan fingerprint density at radius 3 is 2.53 bits per heavy atom. The molecule has 1 amide bonds. The van der Waals surface area contributed by atoms with E-state index in [2.05, 4.69) is 10.2 Å². The number of nitrogens with zero attached hydrogens (tertiary/aromatic N) is 1. The first-order valence-corrected chi connectivity index (χ1v) is 8.06. The molecule has 0 aromatic heterocycles. The molecule has 1 aliphatic heterocycles. The maximum Gasteiger partial charge on any atom is 0.238 e. The quantitative estimate of drug-likeness (QED) is 0.758. The third kappa shape index (κ3) is 3.19. The zero-order valence-corrected chi connectivity index (χ0v) is 11.2. The maximum absolute atomic E-state index is 11.7. The lowest BCUT2D eigenvalue weighted by Crippen LogP contribution is -2.44. The van der Waals surface area contributed by atoms with Crippen molar-refractivity contribution in [3.05, 3.63) is 0 Å². The standard InChI is InChI=1S/C11H20N2O3S/c1-8(17(2,15)16)11(14)12-9-5-6-13(7-9)10-3-4-10/h8-10H,3-7H2,1-2H3,(H,12,14)/t8-,9-/m1/s1. The highest BCUT2D eigenvalue weighted by atomic mass is 32.2. The van der Waals surface area contributed by atoms with Crippen LogP contribution in [0.2, 0.25) is 0 Å². The van der Waals surface area contributed by atoms with Crippen molar-refractivity contribution in [1.29, 1.82) is 0 Å². The second-order valence-electron chi connectivity index (χ2n) is 5.19. The molecule has 2 aliphatic rings. The lowest BCUT2D eigenvalue weighted by molar-refractivity contribution is -0.121. The molecule has 0 aromatic rings. The van der Waals surface area contributed by atoms with Crippen LogP contribution in [-0.2, 0) is 14.6 Å². The van der Waals surface area contributed by atoms with Gasteiger partial charge in [0.2, 0.25) is 5.91 Å². The topological polar surface area (TPSA) is 66.5 Å². The fourth-order valence-electron chi connectivity index (χ4n) is 2.19. The molecule has 2 fully saturated rings. The van der Waals surface area contributed by atoms with Gasteiger partial charge in [-0.15, -0.1) is 0 Å². The molecule has 0 radical (unpaired) electrons. The Hall–Kier alpha value is -0.620. The minimum Gasteiger partial charge on any atom is -0.351 e. The van der Waals surface area contributed by atoms with Crippen molar-refractivity contribution in [3.63, 3.8) is 0 Å². The minimum absolute atomic E-state index is 0.118. The number of likely N-dealkylation sites (tertiary alicyclic amines) is 1. The molecule has 1 saturated heterocycles. The highest BCUT2D eigenvalue weighted by Gasteiger charge is 2.35. The van der Waals surface area contributed by atoms with Crippen LogP contribution in [0.4, 0.5) is 0 Å². The fraction of sp³-hybridized carbons (Fsp3) is 0.909. The van der Waals surface area contributed by atoms with Gasteiger partial charge in [-0.3, -0.25) is 9.69 Å². The Bertz CT molecular complexity index is 403. The van der Waals surface area contributed by atoms with Gasteiger partial charge in [0.25, 0.3) is 0 Å². The summed E-state index contributed by atoms with van der Waals surface area (Å²) in [7, 11) is -3.29. The summed E-state index contributed by atoms with van der Waals surface area (Å²) in [6.45, 7) is 3.33. The molecule has 2 rings (SSSR count). The number of hydrogen-bond acceptors (Lipinski definition) is 4. The number of amides is 1. The Labute approximate surface area is 102 Å². The molecule has 98 valence electrons. The van der Waals surface area contributed by atoms with Crippen LogP contribution in [0, 0.1) is 0 Å². The van der Waals surface area contributed by atoms with Gasteiger partial charge >= 0.3 is 0 Å². The monoisotopic (exact) mass is 260 g/mol. The maximum atomic E-state index is 11.7. The first kappa shape index (κ1) is 12.8. The summed E-state index contributed by atoms with van der Waals surface area (Å²) < 4.78 is 22.5. The van der Waals surface area contributed by atoms with Crippen LogP contribution in [0.3, 0.4) is 0 Å². The summed E-state index contributed by atoms with van der Waals surface area (Å²) >= 11 is 0. The molecule has 1 heterocycles. The summed E-state index contributed by atoms with van der Waals surface area (Å²) in [5, 5.41) is 1.89. The number of sulfone groups is 1. The molecule has 1 saturated carbocycles. The largest absolute Gasteiger partial charge is 0.351 e. The lowest BCUT2D eigenvalue weighted by Gasteiger charge is -2.17. The molecule has 1 aliphatic carbocycles. The molecule has 0 bridgehead atoms. The third-order valence-electron chi connectivity index (χ3n) is 3.64. The van der Waals surface area contributed by atoms with E-state index >= 15 is 0 Å². The predicted molar refractivity (Wildman–Crippen MR) is 65.4 cm³/mol. The van der Waals surface area contributed by atoms with Crippen LogP contribution in [0.25, 0.3) is 0 Å². The molecule has 5 nitrogen and oxygen atoms in total. The summed E-state index contributed by atoms with van der Waals surface area (Å²) in [6.07, 6.45) is 4.56. The number of carbonyl (C=O) groups excluding carboxylic acids is 1.